The van der Waals surface area contributed by atoms with Crippen molar-refractivity contribution in [3.8, 4) is 0 Å². The summed E-state index contributed by atoms with van der Waals surface area (Å²) in [6, 6.07) is -0.169. The lowest BCUT2D eigenvalue weighted by atomic mass is 10.1. The van der Waals surface area contributed by atoms with Gasteiger partial charge in [0.25, 0.3) is 0 Å². The molecule has 1 rings (SSSR count). The Bertz CT molecular complexity index is 186. The Kier molecular flexibility index (Phi) is 3.71. The third-order valence-corrected chi connectivity index (χ3v) is 2.30. The Balaban J connectivity index is 2.43. The highest BCUT2D eigenvalue weighted by Crippen LogP contribution is 2.25. The van der Waals surface area contributed by atoms with E-state index in [1.807, 2.05) is 0 Å². The number of halogens is 4. The molecule has 0 saturated carbocycles. The Morgan fingerprint density at radius 3 is 2.57 bits per heavy atom. The highest BCUT2D eigenvalue weighted by Gasteiger charge is 2.42. The summed E-state index contributed by atoms with van der Waals surface area (Å²) in [5, 5.41) is 0. The van der Waals surface area contributed by atoms with Gasteiger partial charge in [-0.3, -0.25) is 4.90 Å². The SMILES string of the molecule is NC1CCCN(CC(F)(F)C(F)F)C1. The second kappa shape index (κ2) is 4.44. The molecule has 2 nitrogen and oxygen atoms in total. The van der Waals surface area contributed by atoms with Gasteiger partial charge in [0, 0.05) is 12.6 Å². The normalized spacial score (nSPS) is 25.7. The number of likely N-dealkylation sites (tertiary alicyclic amines) is 1. The van der Waals surface area contributed by atoms with Crippen LogP contribution in [-0.2, 0) is 0 Å². The molecule has 0 aromatic rings. The summed E-state index contributed by atoms with van der Waals surface area (Å²) in [5.74, 6) is -3.92. The molecule has 2 N–H and O–H groups in total. The number of piperidine rings is 1. The second-order valence-corrected chi connectivity index (χ2v) is 3.70. The van der Waals surface area contributed by atoms with Gasteiger partial charge in [-0.2, -0.15) is 8.78 Å². The molecule has 6 heteroatoms. The topological polar surface area (TPSA) is 29.3 Å². The lowest BCUT2D eigenvalue weighted by molar-refractivity contribution is -0.144. The Morgan fingerprint density at radius 1 is 1.43 bits per heavy atom. The van der Waals surface area contributed by atoms with Gasteiger partial charge in [-0.25, -0.2) is 8.78 Å². The molecule has 1 aliphatic heterocycles. The van der Waals surface area contributed by atoms with E-state index in [-0.39, 0.29) is 12.6 Å². The van der Waals surface area contributed by atoms with Crippen LogP contribution < -0.4 is 5.73 Å². The number of hydrogen-bond donors (Lipinski definition) is 1. The molecular weight excluding hydrogens is 200 g/mol. The summed E-state index contributed by atoms with van der Waals surface area (Å²) >= 11 is 0. The van der Waals surface area contributed by atoms with Crippen molar-refractivity contribution in [1.82, 2.24) is 4.90 Å². The highest BCUT2D eigenvalue weighted by atomic mass is 19.3. The number of hydrogen-bond acceptors (Lipinski definition) is 2. The molecule has 1 fully saturated rings. The first-order valence-electron chi connectivity index (χ1n) is 4.56. The average Bonchev–Trinajstić information content (AvgIpc) is 2.02. The fraction of sp³-hybridized carbons (Fsp3) is 1.00. The van der Waals surface area contributed by atoms with Crippen LogP contribution in [-0.4, -0.2) is 42.9 Å². The molecule has 0 radical (unpaired) electrons. The highest BCUT2D eigenvalue weighted by molar-refractivity contribution is 4.81. The maximum Gasteiger partial charge on any atom is 0.319 e. The number of alkyl halides is 4. The maximum absolute atomic E-state index is 12.6. The number of nitrogens with zero attached hydrogens (tertiary/aromatic N) is 1. The zero-order chi connectivity index (χ0) is 10.8. The van der Waals surface area contributed by atoms with Gasteiger partial charge in [0.05, 0.1) is 6.54 Å². The molecule has 1 heterocycles. The molecule has 1 unspecified atom stereocenters. The quantitative estimate of drug-likeness (QED) is 0.718. The maximum atomic E-state index is 12.6. The molecule has 84 valence electrons. The molecule has 0 aliphatic carbocycles. The standard InChI is InChI=1S/C8H14F4N2/c9-7(10)8(11,12)5-14-3-1-2-6(13)4-14/h6-7H,1-5,13H2. The van der Waals surface area contributed by atoms with Gasteiger partial charge in [0.15, 0.2) is 0 Å². The van der Waals surface area contributed by atoms with E-state index in [1.165, 1.54) is 4.90 Å². The number of nitrogens with two attached hydrogens (primary N) is 1. The fourth-order valence-corrected chi connectivity index (χ4v) is 1.60. The van der Waals surface area contributed by atoms with Gasteiger partial charge in [0.1, 0.15) is 0 Å². The van der Waals surface area contributed by atoms with Crippen LogP contribution in [0.5, 0.6) is 0 Å². The summed E-state index contributed by atoms with van der Waals surface area (Å²) < 4.78 is 49.0. The molecule has 14 heavy (non-hydrogen) atoms. The average molecular weight is 214 g/mol. The third-order valence-electron chi connectivity index (χ3n) is 2.30. The van der Waals surface area contributed by atoms with Crippen molar-refractivity contribution in [3.05, 3.63) is 0 Å². The summed E-state index contributed by atoms with van der Waals surface area (Å²) in [6.07, 6.45) is -2.13. The fourth-order valence-electron chi connectivity index (χ4n) is 1.60. The van der Waals surface area contributed by atoms with Gasteiger partial charge in [-0.1, -0.05) is 0 Å². The van der Waals surface area contributed by atoms with Crippen molar-refractivity contribution in [1.29, 1.82) is 0 Å². The van der Waals surface area contributed by atoms with Crippen molar-refractivity contribution in [2.45, 2.75) is 31.2 Å². The summed E-state index contributed by atoms with van der Waals surface area (Å²) in [4.78, 5) is 1.31. The van der Waals surface area contributed by atoms with Crippen LogP contribution in [0.2, 0.25) is 0 Å². The van der Waals surface area contributed by atoms with Crippen LogP contribution in [0, 0.1) is 0 Å². The summed E-state index contributed by atoms with van der Waals surface area (Å²) in [5.41, 5.74) is 5.55. The first kappa shape index (κ1) is 11.7. The summed E-state index contributed by atoms with van der Waals surface area (Å²) in [7, 11) is 0. The van der Waals surface area contributed by atoms with Crippen molar-refractivity contribution in [3.63, 3.8) is 0 Å². The van der Waals surface area contributed by atoms with Crippen molar-refractivity contribution in [2.24, 2.45) is 5.73 Å². The minimum atomic E-state index is -3.92. The minimum Gasteiger partial charge on any atom is -0.327 e. The van der Waals surface area contributed by atoms with E-state index < -0.39 is 18.9 Å². The monoisotopic (exact) mass is 214 g/mol. The molecule has 1 aliphatic rings. The zero-order valence-corrected chi connectivity index (χ0v) is 7.73. The zero-order valence-electron chi connectivity index (χ0n) is 7.73. The Morgan fingerprint density at radius 2 is 2.07 bits per heavy atom. The van der Waals surface area contributed by atoms with Crippen LogP contribution in [0.25, 0.3) is 0 Å². The van der Waals surface area contributed by atoms with Crippen LogP contribution in [0.15, 0.2) is 0 Å². The molecule has 1 atom stereocenters. The third kappa shape index (κ3) is 3.09. The molecule has 0 aromatic carbocycles. The van der Waals surface area contributed by atoms with Crippen LogP contribution >= 0.6 is 0 Å². The molecule has 0 spiro atoms. The van der Waals surface area contributed by atoms with Gasteiger partial charge in [0.2, 0.25) is 0 Å². The molecule has 0 aromatic heterocycles. The largest absolute Gasteiger partial charge is 0.327 e. The van der Waals surface area contributed by atoms with Crippen LogP contribution in [0.3, 0.4) is 0 Å². The predicted octanol–water partition coefficient (Wildman–Crippen LogP) is 1.31. The molecule has 0 amide bonds. The van der Waals surface area contributed by atoms with E-state index in [2.05, 4.69) is 0 Å². The molecule has 0 bridgehead atoms. The lowest BCUT2D eigenvalue weighted by Crippen LogP contribution is -2.49. The summed E-state index contributed by atoms with van der Waals surface area (Å²) in [6.45, 7) is -0.184. The van der Waals surface area contributed by atoms with Crippen molar-refractivity contribution in [2.75, 3.05) is 19.6 Å². The van der Waals surface area contributed by atoms with Gasteiger partial charge in [-0.15, -0.1) is 0 Å². The first-order chi connectivity index (χ1) is 6.42. The number of rotatable bonds is 3. The smallest absolute Gasteiger partial charge is 0.319 e. The second-order valence-electron chi connectivity index (χ2n) is 3.70. The van der Waals surface area contributed by atoms with Gasteiger partial charge >= 0.3 is 12.3 Å². The van der Waals surface area contributed by atoms with E-state index in [9.17, 15) is 17.6 Å². The molecule has 1 saturated heterocycles. The van der Waals surface area contributed by atoms with E-state index in [0.717, 1.165) is 6.42 Å². The van der Waals surface area contributed by atoms with E-state index in [1.54, 1.807) is 0 Å². The Hall–Kier alpha value is -0.360. The van der Waals surface area contributed by atoms with Crippen LogP contribution in [0.1, 0.15) is 12.8 Å². The van der Waals surface area contributed by atoms with E-state index in [4.69, 9.17) is 5.73 Å². The Labute approximate surface area is 80.0 Å². The van der Waals surface area contributed by atoms with Crippen molar-refractivity contribution >= 4 is 0 Å². The lowest BCUT2D eigenvalue weighted by Gasteiger charge is -2.32. The van der Waals surface area contributed by atoms with Gasteiger partial charge < -0.3 is 5.73 Å². The van der Waals surface area contributed by atoms with E-state index >= 15 is 0 Å². The minimum absolute atomic E-state index is 0.169. The predicted molar refractivity (Wildman–Crippen MR) is 44.6 cm³/mol. The molecular formula is C8H14F4N2. The first-order valence-corrected chi connectivity index (χ1v) is 4.56. The van der Waals surface area contributed by atoms with E-state index in [0.29, 0.717) is 13.0 Å². The van der Waals surface area contributed by atoms with Crippen LogP contribution in [0.4, 0.5) is 17.6 Å². The van der Waals surface area contributed by atoms with Crippen molar-refractivity contribution < 1.29 is 17.6 Å². The van der Waals surface area contributed by atoms with Gasteiger partial charge in [-0.05, 0) is 19.4 Å².